The minimum absolute atomic E-state index is 0.346. The van der Waals surface area contributed by atoms with E-state index in [9.17, 15) is 0 Å². The molecule has 0 saturated carbocycles. The molecule has 3 heteroatoms. The molecule has 19 heavy (non-hydrogen) atoms. The first-order chi connectivity index (χ1) is 8.83. The Morgan fingerprint density at radius 1 is 1.32 bits per heavy atom. The number of nitrogens with one attached hydrogen (secondary N) is 1. The van der Waals surface area contributed by atoms with E-state index in [1.54, 1.807) is 0 Å². The molecule has 0 aromatic carbocycles. The van der Waals surface area contributed by atoms with Crippen LogP contribution in [0.1, 0.15) is 54.4 Å². The second-order valence-electron chi connectivity index (χ2n) is 7.26. The molecule has 3 nitrogen and oxygen atoms in total. The Morgan fingerprint density at radius 3 is 2.53 bits per heavy atom. The first-order valence-electron chi connectivity index (χ1n) is 7.92. The molecule has 1 aliphatic heterocycles. The highest BCUT2D eigenvalue weighted by atomic mass is 16.5. The second-order valence-corrected chi connectivity index (χ2v) is 7.26. The van der Waals surface area contributed by atoms with Crippen LogP contribution in [0.4, 0.5) is 0 Å². The van der Waals surface area contributed by atoms with E-state index < -0.39 is 0 Å². The molecule has 0 aromatic rings. The van der Waals surface area contributed by atoms with Crippen molar-refractivity contribution in [2.24, 2.45) is 5.41 Å². The monoisotopic (exact) mass is 270 g/mol. The lowest BCUT2D eigenvalue weighted by molar-refractivity contribution is -0.0574. The van der Waals surface area contributed by atoms with Crippen molar-refractivity contribution in [1.29, 1.82) is 0 Å². The molecular weight excluding hydrogens is 236 g/mol. The molecule has 0 aliphatic carbocycles. The summed E-state index contributed by atoms with van der Waals surface area (Å²) >= 11 is 0. The highest BCUT2D eigenvalue weighted by molar-refractivity contribution is 4.85. The summed E-state index contributed by atoms with van der Waals surface area (Å²) in [5.41, 5.74) is 0.403. The highest BCUT2D eigenvalue weighted by Gasteiger charge is 2.29. The zero-order valence-corrected chi connectivity index (χ0v) is 13.8. The van der Waals surface area contributed by atoms with Crippen LogP contribution >= 0.6 is 0 Å². The van der Waals surface area contributed by atoms with Gasteiger partial charge in [0.05, 0.1) is 12.7 Å². The van der Waals surface area contributed by atoms with Gasteiger partial charge in [-0.15, -0.1) is 0 Å². The summed E-state index contributed by atoms with van der Waals surface area (Å²) in [6.07, 6.45) is 2.79. The van der Waals surface area contributed by atoms with Gasteiger partial charge in [0.25, 0.3) is 0 Å². The van der Waals surface area contributed by atoms with E-state index in [0.29, 0.717) is 23.6 Å². The van der Waals surface area contributed by atoms with E-state index in [1.165, 1.54) is 12.8 Å². The van der Waals surface area contributed by atoms with Crippen LogP contribution in [-0.4, -0.2) is 49.3 Å². The molecule has 114 valence electrons. The number of rotatable bonds is 6. The number of morpholine rings is 1. The van der Waals surface area contributed by atoms with Crippen LogP contribution in [0.3, 0.4) is 0 Å². The largest absolute Gasteiger partial charge is 0.374 e. The first kappa shape index (κ1) is 16.9. The van der Waals surface area contributed by atoms with Crippen LogP contribution in [-0.2, 0) is 4.74 Å². The first-order valence-corrected chi connectivity index (χ1v) is 7.92. The van der Waals surface area contributed by atoms with Crippen LogP contribution in [0.15, 0.2) is 0 Å². The van der Waals surface area contributed by atoms with Gasteiger partial charge in [-0.3, -0.25) is 4.90 Å². The molecule has 0 spiro atoms. The Bertz CT molecular complexity index is 248. The van der Waals surface area contributed by atoms with Gasteiger partial charge in [-0.05, 0) is 38.6 Å². The lowest BCUT2D eigenvalue weighted by Crippen LogP contribution is -2.54. The summed E-state index contributed by atoms with van der Waals surface area (Å²) in [7, 11) is 0. The molecule has 0 bridgehead atoms. The van der Waals surface area contributed by atoms with Crippen molar-refractivity contribution >= 4 is 0 Å². The molecule has 1 fully saturated rings. The van der Waals surface area contributed by atoms with Gasteiger partial charge in [0.1, 0.15) is 0 Å². The Kier molecular flexibility index (Phi) is 6.78. The quantitative estimate of drug-likeness (QED) is 0.803. The number of likely N-dealkylation sites (N-methyl/N-ethyl adjacent to an activating group) is 1. The fourth-order valence-corrected chi connectivity index (χ4v) is 2.68. The summed E-state index contributed by atoms with van der Waals surface area (Å²) in [5.74, 6) is 0. The van der Waals surface area contributed by atoms with E-state index in [-0.39, 0.29) is 0 Å². The smallest absolute Gasteiger partial charge is 0.0855 e. The van der Waals surface area contributed by atoms with E-state index >= 15 is 0 Å². The summed E-state index contributed by atoms with van der Waals surface area (Å²) in [6, 6.07) is 1.11. The standard InChI is InChI=1S/C16H34N2O/c1-7-17-14(8-9-16(4,5)6)15-12-18(13(2)3)10-11-19-15/h13-15,17H,7-12H2,1-6H3. The predicted octanol–water partition coefficient (Wildman–Crippen LogP) is 2.90. The van der Waals surface area contributed by atoms with Crippen LogP contribution in [0.25, 0.3) is 0 Å². The van der Waals surface area contributed by atoms with Crippen molar-refractivity contribution in [3.8, 4) is 0 Å². The molecule has 1 N–H and O–H groups in total. The fraction of sp³-hybridized carbons (Fsp3) is 1.00. The highest BCUT2D eigenvalue weighted by Crippen LogP contribution is 2.24. The average molecular weight is 270 g/mol. The van der Waals surface area contributed by atoms with Gasteiger partial charge >= 0.3 is 0 Å². The molecule has 1 aliphatic rings. The van der Waals surface area contributed by atoms with Gasteiger partial charge in [-0.1, -0.05) is 27.7 Å². The fourth-order valence-electron chi connectivity index (χ4n) is 2.68. The molecule has 1 rings (SSSR count). The molecule has 0 amide bonds. The average Bonchev–Trinajstić information content (AvgIpc) is 2.33. The van der Waals surface area contributed by atoms with E-state index in [2.05, 4.69) is 51.8 Å². The van der Waals surface area contributed by atoms with Gasteiger partial charge in [0.2, 0.25) is 0 Å². The van der Waals surface area contributed by atoms with Gasteiger partial charge in [0, 0.05) is 25.2 Å². The Morgan fingerprint density at radius 2 is 2.00 bits per heavy atom. The zero-order valence-electron chi connectivity index (χ0n) is 13.8. The Hall–Kier alpha value is -0.120. The topological polar surface area (TPSA) is 24.5 Å². The van der Waals surface area contributed by atoms with Gasteiger partial charge < -0.3 is 10.1 Å². The minimum atomic E-state index is 0.346. The van der Waals surface area contributed by atoms with Crippen molar-refractivity contribution in [2.45, 2.75) is 72.6 Å². The SMILES string of the molecule is CCNC(CCC(C)(C)C)C1CN(C(C)C)CCO1. The van der Waals surface area contributed by atoms with Gasteiger partial charge in [-0.25, -0.2) is 0 Å². The Labute approximate surface area is 120 Å². The van der Waals surface area contributed by atoms with Crippen LogP contribution in [0.5, 0.6) is 0 Å². The van der Waals surface area contributed by atoms with Gasteiger partial charge in [0.15, 0.2) is 0 Å². The molecule has 1 heterocycles. The lowest BCUT2D eigenvalue weighted by atomic mass is 9.87. The third-order valence-electron chi connectivity index (χ3n) is 3.98. The van der Waals surface area contributed by atoms with E-state index in [4.69, 9.17) is 4.74 Å². The van der Waals surface area contributed by atoms with Crippen LogP contribution < -0.4 is 5.32 Å². The summed E-state index contributed by atoms with van der Waals surface area (Å²) in [6.45, 7) is 17.7. The number of ether oxygens (including phenoxy) is 1. The lowest BCUT2D eigenvalue weighted by Gasteiger charge is -2.39. The molecule has 2 atom stereocenters. The maximum Gasteiger partial charge on any atom is 0.0855 e. The number of nitrogens with zero attached hydrogens (tertiary/aromatic N) is 1. The second kappa shape index (κ2) is 7.61. The Balaban J connectivity index is 2.54. The van der Waals surface area contributed by atoms with Crippen molar-refractivity contribution in [3.05, 3.63) is 0 Å². The van der Waals surface area contributed by atoms with Crippen LogP contribution in [0.2, 0.25) is 0 Å². The maximum absolute atomic E-state index is 6.03. The van der Waals surface area contributed by atoms with Gasteiger partial charge in [-0.2, -0.15) is 0 Å². The predicted molar refractivity (Wildman–Crippen MR) is 82.6 cm³/mol. The van der Waals surface area contributed by atoms with Crippen molar-refractivity contribution in [2.75, 3.05) is 26.2 Å². The molecular formula is C16H34N2O. The van der Waals surface area contributed by atoms with Crippen molar-refractivity contribution in [3.63, 3.8) is 0 Å². The van der Waals surface area contributed by atoms with Crippen LogP contribution in [0, 0.1) is 5.41 Å². The summed E-state index contributed by atoms with van der Waals surface area (Å²) in [5, 5.41) is 3.63. The normalized spacial score (nSPS) is 23.8. The third kappa shape index (κ3) is 6.24. The summed E-state index contributed by atoms with van der Waals surface area (Å²) < 4.78 is 6.03. The third-order valence-corrected chi connectivity index (χ3v) is 3.98. The molecule has 0 radical (unpaired) electrons. The van der Waals surface area contributed by atoms with E-state index in [0.717, 1.165) is 26.2 Å². The summed E-state index contributed by atoms with van der Waals surface area (Å²) in [4.78, 5) is 2.54. The zero-order chi connectivity index (χ0) is 14.5. The van der Waals surface area contributed by atoms with Crippen molar-refractivity contribution in [1.82, 2.24) is 10.2 Å². The molecule has 2 unspecified atom stereocenters. The van der Waals surface area contributed by atoms with Crippen molar-refractivity contribution < 1.29 is 4.74 Å². The number of hydrogen-bond acceptors (Lipinski definition) is 3. The minimum Gasteiger partial charge on any atom is -0.374 e. The molecule has 1 saturated heterocycles. The van der Waals surface area contributed by atoms with E-state index in [1.807, 2.05) is 0 Å². The molecule has 0 aromatic heterocycles. The number of hydrogen-bond donors (Lipinski definition) is 1. The maximum atomic E-state index is 6.03.